The second-order valence-corrected chi connectivity index (χ2v) is 4.73. The van der Waals surface area contributed by atoms with Crippen LogP contribution in [0.15, 0.2) is 6.20 Å². The molecule has 1 unspecified atom stereocenters. The van der Waals surface area contributed by atoms with E-state index in [2.05, 4.69) is 9.97 Å². The number of nitrogens with two attached hydrogens (primary N) is 1. The standard InChI is InChI=1S/C11H17N3O3/c1-11(2,3)8-6(7(12)9(15)16)5-13-10(14-8)17-4/h5,7H,12H2,1-4H3,(H,15,16). The van der Waals surface area contributed by atoms with Gasteiger partial charge in [0.1, 0.15) is 6.04 Å². The summed E-state index contributed by atoms with van der Waals surface area (Å²) in [6.45, 7) is 5.77. The second kappa shape index (κ2) is 4.67. The van der Waals surface area contributed by atoms with Crippen molar-refractivity contribution in [3.8, 4) is 6.01 Å². The van der Waals surface area contributed by atoms with E-state index in [1.807, 2.05) is 20.8 Å². The second-order valence-electron chi connectivity index (χ2n) is 4.73. The molecule has 6 nitrogen and oxygen atoms in total. The molecule has 0 fully saturated rings. The molecule has 0 amide bonds. The van der Waals surface area contributed by atoms with Crippen LogP contribution in [0.2, 0.25) is 0 Å². The summed E-state index contributed by atoms with van der Waals surface area (Å²) in [5.41, 5.74) is 6.26. The Morgan fingerprint density at radius 1 is 1.53 bits per heavy atom. The Morgan fingerprint density at radius 3 is 2.53 bits per heavy atom. The summed E-state index contributed by atoms with van der Waals surface area (Å²) in [5, 5.41) is 8.94. The summed E-state index contributed by atoms with van der Waals surface area (Å²) in [7, 11) is 1.46. The fourth-order valence-corrected chi connectivity index (χ4v) is 1.43. The van der Waals surface area contributed by atoms with Crippen LogP contribution in [0, 0.1) is 0 Å². The number of aliphatic carboxylic acids is 1. The SMILES string of the molecule is COc1ncc(C(N)C(=O)O)c(C(C)(C)C)n1. The quantitative estimate of drug-likeness (QED) is 0.812. The molecule has 1 aromatic rings. The van der Waals surface area contributed by atoms with Gasteiger partial charge >= 0.3 is 12.0 Å². The molecule has 0 saturated heterocycles. The summed E-state index contributed by atoms with van der Waals surface area (Å²) in [4.78, 5) is 19.0. The van der Waals surface area contributed by atoms with Crippen molar-refractivity contribution < 1.29 is 14.6 Å². The average Bonchev–Trinajstić information content (AvgIpc) is 2.26. The smallest absolute Gasteiger partial charge is 0.325 e. The van der Waals surface area contributed by atoms with Crippen LogP contribution in [0.3, 0.4) is 0 Å². The number of hydrogen-bond acceptors (Lipinski definition) is 5. The maximum atomic E-state index is 10.9. The Balaban J connectivity index is 3.35. The van der Waals surface area contributed by atoms with Crippen molar-refractivity contribution in [2.75, 3.05) is 7.11 Å². The number of aromatic nitrogens is 2. The lowest BCUT2D eigenvalue weighted by atomic mass is 9.87. The first-order valence-electron chi connectivity index (χ1n) is 5.17. The van der Waals surface area contributed by atoms with Gasteiger partial charge in [-0.2, -0.15) is 4.98 Å². The third kappa shape index (κ3) is 2.91. The zero-order valence-corrected chi connectivity index (χ0v) is 10.4. The minimum Gasteiger partial charge on any atom is -0.480 e. The lowest BCUT2D eigenvalue weighted by molar-refractivity contribution is -0.138. The van der Waals surface area contributed by atoms with Crippen molar-refractivity contribution >= 4 is 5.97 Å². The van der Waals surface area contributed by atoms with Gasteiger partial charge in [-0.05, 0) is 0 Å². The number of hydrogen-bond donors (Lipinski definition) is 2. The van der Waals surface area contributed by atoms with Gasteiger partial charge in [0.15, 0.2) is 0 Å². The topological polar surface area (TPSA) is 98.3 Å². The van der Waals surface area contributed by atoms with Crippen molar-refractivity contribution in [3.63, 3.8) is 0 Å². The number of rotatable bonds is 3. The van der Waals surface area contributed by atoms with E-state index in [-0.39, 0.29) is 11.4 Å². The number of carbonyl (C=O) groups is 1. The van der Waals surface area contributed by atoms with E-state index in [9.17, 15) is 4.79 Å². The highest BCUT2D eigenvalue weighted by atomic mass is 16.5. The summed E-state index contributed by atoms with van der Waals surface area (Å²) in [5.74, 6) is -1.11. The van der Waals surface area contributed by atoms with Crippen LogP contribution in [-0.2, 0) is 10.2 Å². The Kier molecular flexibility index (Phi) is 3.67. The van der Waals surface area contributed by atoms with Crippen LogP contribution < -0.4 is 10.5 Å². The molecule has 1 rings (SSSR count). The molecule has 1 aromatic heterocycles. The van der Waals surface area contributed by atoms with Crippen LogP contribution >= 0.6 is 0 Å². The van der Waals surface area contributed by atoms with Crippen molar-refractivity contribution in [1.82, 2.24) is 9.97 Å². The molecule has 0 aliphatic carbocycles. The highest BCUT2D eigenvalue weighted by molar-refractivity contribution is 5.75. The largest absolute Gasteiger partial charge is 0.480 e. The first kappa shape index (κ1) is 13.4. The van der Waals surface area contributed by atoms with E-state index in [0.29, 0.717) is 11.3 Å². The third-order valence-corrected chi connectivity index (χ3v) is 2.29. The molecule has 17 heavy (non-hydrogen) atoms. The van der Waals surface area contributed by atoms with Crippen LogP contribution in [0.25, 0.3) is 0 Å². The van der Waals surface area contributed by atoms with E-state index >= 15 is 0 Å². The van der Waals surface area contributed by atoms with Gasteiger partial charge in [0.25, 0.3) is 0 Å². The Bertz CT molecular complexity index is 426. The van der Waals surface area contributed by atoms with Crippen LogP contribution in [-0.4, -0.2) is 28.2 Å². The number of ether oxygens (including phenoxy) is 1. The fraction of sp³-hybridized carbons (Fsp3) is 0.545. The maximum absolute atomic E-state index is 10.9. The molecule has 0 spiro atoms. The molecule has 94 valence electrons. The van der Waals surface area contributed by atoms with Gasteiger partial charge < -0.3 is 15.6 Å². The van der Waals surface area contributed by atoms with E-state index < -0.39 is 12.0 Å². The number of nitrogens with zero attached hydrogens (tertiary/aromatic N) is 2. The first-order valence-corrected chi connectivity index (χ1v) is 5.17. The molecule has 0 saturated carbocycles. The van der Waals surface area contributed by atoms with E-state index in [1.54, 1.807) is 0 Å². The third-order valence-electron chi connectivity index (χ3n) is 2.29. The molecule has 1 atom stereocenters. The zero-order valence-electron chi connectivity index (χ0n) is 10.4. The summed E-state index contributed by atoms with van der Waals surface area (Å²) < 4.78 is 4.93. The van der Waals surface area contributed by atoms with Gasteiger partial charge in [0.05, 0.1) is 12.8 Å². The molecule has 1 heterocycles. The van der Waals surface area contributed by atoms with Crippen LogP contribution in [0.5, 0.6) is 6.01 Å². The van der Waals surface area contributed by atoms with Crippen molar-refractivity contribution in [2.24, 2.45) is 5.73 Å². The lowest BCUT2D eigenvalue weighted by Gasteiger charge is -2.22. The summed E-state index contributed by atoms with van der Waals surface area (Å²) >= 11 is 0. The summed E-state index contributed by atoms with van der Waals surface area (Å²) in [6, 6.07) is -0.925. The molecular weight excluding hydrogens is 222 g/mol. The Morgan fingerprint density at radius 2 is 2.12 bits per heavy atom. The van der Waals surface area contributed by atoms with Gasteiger partial charge in [-0.25, -0.2) is 4.98 Å². The molecule has 0 bridgehead atoms. The fourth-order valence-electron chi connectivity index (χ4n) is 1.43. The lowest BCUT2D eigenvalue weighted by Crippen LogP contribution is -2.27. The molecule has 3 N–H and O–H groups in total. The average molecular weight is 239 g/mol. The number of carboxylic acids is 1. The highest BCUT2D eigenvalue weighted by Gasteiger charge is 2.27. The van der Waals surface area contributed by atoms with Crippen LogP contribution in [0.1, 0.15) is 38.1 Å². The van der Waals surface area contributed by atoms with Crippen molar-refractivity contribution in [1.29, 1.82) is 0 Å². The Labute approximate surface area is 99.8 Å². The predicted molar refractivity (Wildman–Crippen MR) is 61.8 cm³/mol. The molecule has 0 radical (unpaired) electrons. The zero-order chi connectivity index (χ0) is 13.2. The monoisotopic (exact) mass is 239 g/mol. The van der Waals surface area contributed by atoms with Gasteiger partial charge in [0, 0.05) is 17.2 Å². The van der Waals surface area contributed by atoms with Crippen molar-refractivity contribution in [3.05, 3.63) is 17.5 Å². The predicted octanol–water partition coefficient (Wildman–Crippen LogP) is 0.867. The van der Waals surface area contributed by atoms with Gasteiger partial charge in [-0.15, -0.1) is 0 Å². The summed E-state index contributed by atoms with van der Waals surface area (Å²) in [6.07, 6.45) is 1.41. The normalized spacial score (nSPS) is 13.2. The molecule has 0 aliphatic rings. The number of carboxylic acid groups (broad SMARTS) is 1. The minimum atomic E-state index is -1.13. The molecular formula is C11H17N3O3. The maximum Gasteiger partial charge on any atom is 0.325 e. The Hall–Kier alpha value is -1.69. The number of methoxy groups -OCH3 is 1. The van der Waals surface area contributed by atoms with E-state index in [0.717, 1.165) is 0 Å². The van der Waals surface area contributed by atoms with Gasteiger partial charge in [-0.3, -0.25) is 4.79 Å². The highest BCUT2D eigenvalue weighted by Crippen LogP contribution is 2.28. The van der Waals surface area contributed by atoms with Gasteiger partial charge in [-0.1, -0.05) is 20.8 Å². The minimum absolute atomic E-state index is 0.205. The van der Waals surface area contributed by atoms with E-state index in [1.165, 1.54) is 13.3 Å². The molecule has 6 heteroatoms. The van der Waals surface area contributed by atoms with Crippen molar-refractivity contribution in [2.45, 2.75) is 32.2 Å². The molecule has 0 aliphatic heterocycles. The van der Waals surface area contributed by atoms with Gasteiger partial charge in [0.2, 0.25) is 0 Å². The molecule has 0 aromatic carbocycles. The first-order chi connectivity index (χ1) is 7.77. The van der Waals surface area contributed by atoms with Crippen LogP contribution in [0.4, 0.5) is 0 Å². The van der Waals surface area contributed by atoms with E-state index in [4.69, 9.17) is 15.6 Å².